The Kier molecular flexibility index (Phi) is 3.71. The molecule has 0 amide bonds. The highest BCUT2D eigenvalue weighted by molar-refractivity contribution is 8.00. The number of carboxylic acid groups (broad SMARTS) is 1. The summed E-state index contributed by atoms with van der Waals surface area (Å²) in [5.41, 5.74) is 5.62. The minimum atomic E-state index is -0.895. The first-order valence-corrected chi connectivity index (χ1v) is 5.64. The number of aromatic nitrogens is 1. The van der Waals surface area contributed by atoms with Crippen LogP contribution in [0.2, 0.25) is 0 Å². The van der Waals surface area contributed by atoms with Crippen molar-refractivity contribution in [3.8, 4) is 0 Å². The molecule has 1 aromatic heterocycles. The second kappa shape index (κ2) is 4.59. The van der Waals surface area contributed by atoms with Crippen LogP contribution in [-0.4, -0.2) is 22.3 Å². The molecule has 0 aromatic carbocycles. The number of thiazole rings is 1. The van der Waals surface area contributed by atoms with Crippen molar-refractivity contribution in [2.45, 2.75) is 16.7 Å². The molecule has 0 spiro atoms. The number of thioether (sulfide) groups is 1. The van der Waals surface area contributed by atoms with Crippen molar-refractivity contribution < 1.29 is 9.90 Å². The molecule has 4 nitrogen and oxygen atoms in total. The molecule has 0 radical (unpaired) electrons. The van der Waals surface area contributed by atoms with E-state index in [1.165, 1.54) is 11.3 Å². The highest BCUT2D eigenvalue weighted by atomic mass is 32.2. The molecule has 1 heterocycles. The third-order valence-electron chi connectivity index (χ3n) is 1.42. The molecule has 0 saturated heterocycles. The molecule has 13 heavy (non-hydrogen) atoms. The molecule has 1 atom stereocenters. The summed E-state index contributed by atoms with van der Waals surface area (Å²) in [5, 5.41) is 9.19. The lowest BCUT2D eigenvalue weighted by atomic mass is 10.2. The van der Waals surface area contributed by atoms with Gasteiger partial charge in [-0.1, -0.05) is 0 Å². The summed E-state index contributed by atoms with van der Waals surface area (Å²) in [4.78, 5) is 14.4. The summed E-state index contributed by atoms with van der Waals surface area (Å²) in [7, 11) is 0. The lowest BCUT2D eigenvalue weighted by Crippen LogP contribution is -2.14. The van der Waals surface area contributed by atoms with Crippen molar-refractivity contribution in [2.75, 3.05) is 6.26 Å². The van der Waals surface area contributed by atoms with Gasteiger partial charge in [-0.25, -0.2) is 4.98 Å². The average molecular weight is 218 g/mol. The Labute approximate surface area is 84.2 Å². The summed E-state index contributed by atoms with van der Waals surface area (Å²) in [6.07, 6.45) is 3.59. The quantitative estimate of drug-likeness (QED) is 0.746. The van der Waals surface area contributed by atoms with Crippen LogP contribution in [0.4, 0.5) is 0 Å². The van der Waals surface area contributed by atoms with Gasteiger partial charge in [-0.2, -0.15) is 0 Å². The summed E-state index contributed by atoms with van der Waals surface area (Å²) >= 11 is 3.03. The fraction of sp³-hybridized carbons (Fsp3) is 0.429. The van der Waals surface area contributed by atoms with Crippen LogP contribution in [0.5, 0.6) is 0 Å². The zero-order chi connectivity index (χ0) is 9.84. The van der Waals surface area contributed by atoms with Crippen molar-refractivity contribution >= 4 is 29.1 Å². The van der Waals surface area contributed by atoms with E-state index < -0.39 is 12.0 Å². The van der Waals surface area contributed by atoms with E-state index in [9.17, 15) is 4.79 Å². The second-order valence-electron chi connectivity index (χ2n) is 2.43. The van der Waals surface area contributed by atoms with Crippen LogP contribution < -0.4 is 5.73 Å². The van der Waals surface area contributed by atoms with E-state index in [0.717, 1.165) is 4.21 Å². The van der Waals surface area contributed by atoms with Gasteiger partial charge in [-0.3, -0.25) is 4.79 Å². The Morgan fingerprint density at radius 2 is 2.62 bits per heavy atom. The number of nitrogens with two attached hydrogens (primary N) is 1. The summed E-state index contributed by atoms with van der Waals surface area (Å²) < 4.78 is 1.05. The maximum absolute atomic E-state index is 10.4. The van der Waals surface area contributed by atoms with E-state index in [0.29, 0.717) is 5.01 Å². The molecule has 0 aliphatic heterocycles. The van der Waals surface area contributed by atoms with E-state index in [1.807, 2.05) is 6.26 Å². The Morgan fingerprint density at radius 1 is 1.92 bits per heavy atom. The Balaban J connectivity index is 2.65. The summed E-state index contributed by atoms with van der Waals surface area (Å²) in [6, 6.07) is -0.483. The number of aliphatic carboxylic acids is 1. The van der Waals surface area contributed by atoms with Crippen LogP contribution in [-0.2, 0) is 4.79 Å². The molecule has 6 heteroatoms. The Bertz CT molecular complexity index is 300. The Morgan fingerprint density at radius 3 is 3.08 bits per heavy atom. The zero-order valence-corrected chi connectivity index (χ0v) is 8.69. The van der Waals surface area contributed by atoms with Crippen LogP contribution in [0.15, 0.2) is 10.4 Å². The highest BCUT2D eigenvalue weighted by Crippen LogP contribution is 2.26. The number of hydrogen-bond acceptors (Lipinski definition) is 5. The van der Waals surface area contributed by atoms with Gasteiger partial charge in [-0.05, 0) is 6.26 Å². The number of carbonyl (C=O) groups is 1. The molecule has 0 bridgehead atoms. The minimum absolute atomic E-state index is 0.0681. The number of rotatable bonds is 4. The van der Waals surface area contributed by atoms with E-state index in [-0.39, 0.29) is 6.42 Å². The van der Waals surface area contributed by atoms with Crippen LogP contribution in [0.3, 0.4) is 0 Å². The summed E-state index contributed by atoms with van der Waals surface area (Å²) in [5.74, 6) is -0.895. The minimum Gasteiger partial charge on any atom is -0.481 e. The smallest absolute Gasteiger partial charge is 0.305 e. The first-order chi connectivity index (χ1) is 6.13. The fourth-order valence-electron chi connectivity index (χ4n) is 0.813. The van der Waals surface area contributed by atoms with Gasteiger partial charge in [0.25, 0.3) is 0 Å². The van der Waals surface area contributed by atoms with Gasteiger partial charge in [0, 0.05) is 0 Å². The second-order valence-corrected chi connectivity index (χ2v) is 4.59. The third-order valence-corrected chi connectivity index (χ3v) is 3.60. The molecule has 0 fully saturated rings. The highest BCUT2D eigenvalue weighted by Gasteiger charge is 2.14. The number of nitrogens with zero attached hydrogens (tertiary/aromatic N) is 1. The molecular formula is C7H10N2O2S2. The van der Waals surface area contributed by atoms with Crippen molar-refractivity contribution in [2.24, 2.45) is 5.73 Å². The van der Waals surface area contributed by atoms with E-state index in [1.54, 1.807) is 18.0 Å². The first-order valence-electron chi connectivity index (χ1n) is 3.60. The largest absolute Gasteiger partial charge is 0.481 e. The normalized spacial score (nSPS) is 12.8. The fourth-order valence-corrected chi connectivity index (χ4v) is 2.21. The van der Waals surface area contributed by atoms with E-state index in [2.05, 4.69) is 4.98 Å². The van der Waals surface area contributed by atoms with Gasteiger partial charge in [0.15, 0.2) is 0 Å². The molecule has 0 aliphatic carbocycles. The van der Waals surface area contributed by atoms with Crippen LogP contribution in [0, 0.1) is 0 Å². The van der Waals surface area contributed by atoms with Crippen molar-refractivity contribution in [3.05, 3.63) is 11.2 Å². The van der Waals surface area contributed by atoms with Crippen LogP contribution >= 0.6 is 23.1 Å². The molecule has 0 saturated carbocycles. The SMILES string of the molecule is CSc1cnc([C@@H](N)CC(=O)O)s1. The maximum Gasteiger partial charge on any atom is 0.305 e. The molecular weight excluding hydrogens is 208 g/mol. The molecule has 3 N–H and O–H groups in total. The lowest BCUT2D eigenvalue weighted by Gasteiger charge is -2.02. The molecule has 0 aliphatic rings. The zero-order valence-electron chi connectivity index (χ0n) is 7.06. The lowest BCUT2D eigenvalue weighted by molar-refractivity contribution is -0.137. The number of hydrogen-bond donors (Lipinski definition) is 2. The van der Waals surface area contributed by atoms with Gasteiger partial charge in [0.1, 0.15) is 5.01 Å². The van der Waals surface area contributed by atoms with Gasteiger partial charge in [0.05, 0.1) is 22.9 Å². The van der Waals surface area contributed by atoms with Crippen molar-refractivity contribution in [1.29, 1.82) is 0 Å². The maximum atomic E-state index is 10.4. The molecule has 1 rings (SSSR count). The predicted molar refractivity (Wildman–Crippen MR) is 53.1 cm³/mol. The molecule has 1 aromatic rings. The van der Waals surface area contributed by atoms with Gasteiger partial charge < -0.3 is 10.8 Å². The van der Waals surface area contributed by atoms with Crippen molar-refractivity contribution in [3.63, 3.8) is 0 Å². The monoisotopic (exact) mass is 218 g/mol. The van der Waals surface area contributed by atoms with Crippen LogP contribution in [0.1, 0.15) is 17.5 Å². The summed E-state index contributed by atoms with van der Waals surface area (Å²) in [6.45, 7) is 0. The average Bonchev–Trinajstić information content (AvgIpc) is 2.50. The van der Waals surface area contributed by atoms with E-state index in [4.69, 9.17) is 10.8 Å². The van der Waals surface area contributed by atoms with E-state index >= 15 is 0 Å². The molecule has 0 unspecified atom stereocenters. The first kappa shape index (κ1) is 10.5. The van der Waals surface area contributed by atoms with Gasteiger partial charge in [0.2, 0.25) is 0 Å². The van der Waals surface area contributed by atoms with Gasteiger partial charge in [-0.15, -0.1) is 23.1 Å². The molecule has 72 valence electrons. The van der Waals surface area contributed by atoms with Gasteiger partial charge >= 0.3 is 5.97 Å². The third kappa shape index (κ3) is 2.98. The number of carboxylic acids is 1. The van der Waals surface area contributed by atoms with Crippen LogP contribution in [0.25, 0.3) is 0 Å². The van der Waals surface area contributed by atoms with Crippen molar-refractivity contribution in [1.82, 2.24) is 4.98 Å². The Hall–Kier alpha value is -0.590. The topological polar surface area (TPSA) is 76.2 Å². The standard InChI is InChI=1S/C7H10N2O2S2/c1-12-6-3-9-7(13-6)4(8)2-5(10)11/h3-4H,2,8H2,1H3,(H,10,11)/t4-/m0/s1. The predicted octanol–water partition coefficient (Wildman–Crippen LogP) is 1.34.